The van der Waals surface area contributed by atoms with E-state index in [9.17, 15) is 9.36 Å². The standard InChI is InChI=1S/C16H34NO6P/c1-5-9-12-17(14-11-16(18)20-6-2)13-10-15-23-24(19,21-7-3)22-8-4/h5-15H2,1-4H3. The van der Waals surface area contributed by atoms with Gasteiger partial charge in [0.2, 0.25) is 0 Å². The summed E-state index contributed by atoms with van der Waals surface area (Å²) in [6, 6.07) is 0. The summed E-state index contributed by atoms with van der Waals surface area (Å²) in [4.78, 5) is 13.7. The third-order valence-corrected chi connectivity index (χ3v) is 4.86. The topological polar surface area (TPSA) is 74.3 Å². The maximum Gasteiger partial charge on any atom is 0.474 e. The minimum absolute atomic E-state index is 0.174. The lowest BCUT2D eigenvalue weighted by Crippen LogP contribution is -2.29. The number of esters is 1. The van der Waals surface area contributed by atoms with Crippen molar-refractivity contribution < 1.29 is 27.7 Å². The van der Waals surface area contributed by atoms with Crippen LogP contribution in [-0.2, 0) is 27.7 Å². The Bertz CT molecular complexity index is 356. The van der Waals surface area contributed by atoms with Crippen molar-refractivity contribution in [3.63, 3.8) is 0 Å². The van der Waals surface area contributed by atoms with E-state index in [2.05, 4.69) is 11.8 Å². The molecule has 8 heteroatoms. The van der Waals surface area contributed by atoms with Crippen molar-refractivity contribution in [2.24, 2.45) is 0 Å². The zero-order valence-corrected chi connectivity index (χ0v) is 16.5. The van der Waals surface area contributed by atoms with Crippen LogP contribution in [0.25, 0.3) is 0 Å². The summed E-state index contributed by atoms with van der Waals surface area (Å²) >= 11 is 0. The monoisotopic (exact) mass is 367 g/mol. The quantitative estimate of drug-likeness (QED) is 0.234. The first-order valence-electron chi connectivity index (χ1n) is 8.92. The lowest BCUT2D eigenvalue weighted by atomic mass is 10.2. The van der Waals surface area contributed by atoms with E-state index in [1.165, 1.54) is 0 Å². The maximum atomic E-state index is 12.2. The molecule has 0 aromatic carbocycles. The molecule has 0 fully saturated rings. The van der Waals surface area contributed by atoms with Crippen LogP contribution in [0, 0.1) is 0 Å². The second-order valence-electron chi connectivity index (χ2n) is 5.22. The van der Waals surface area contributed by atoms with Gasteiger partial charge in [0.1, 0.15) is 0 Å². The first-order valence-corrected chi connectivity index (χ1v) is 10.4. The molecule has 0 aliphatic carbocycles. The van der Waals surface area contributed by atoms with Gasteiger partial charge in [-0.1, -0.05) is 13.3 Å². The van der Waals surface area contributed by atoms with E-state index in [0.29, 0.717) is 32.6 Å². The highest BCUT2D eigenvalue weighted by atomic mass is 31.2. The maximum absolute atomic E-state index is 12.2. The number of phosphoric acid groups is 1. The van der Waals surface area contributed by atoms with Gasteiger partial charge in [0.05, 0.1) is 32.8 Å². The Balaban J connectivity index is 4.20. The molecule has 0 saturated carbocycles. The average Bonchev–Trinajstić information content (AvgIpc) is 2.54. The summed E-state index contributed by atoms with van der Waals surface area (Å²) in [5.74, 6) is -0.174. The minimum Gasteiger partial charge on any atom is -0.466 e. The second-order valence-corrected chi connectivity index (χ2v) is 6.89. The van der Waals surface area contributed by atoms with Gasteiger partial charge >= 0.3 is 13.8 Å². The number of unbranched alkanes of at least 4 members (excludes halogenated alkanes) is 1. The molecule has 0 rings (SSSR count). The molecule has 0 atom stereocenters. The Morgan fingerprint density at radius 2 is 1.50 bits per heavy atom. The van der Waals surface area contributed by atoms with E-state index in [0.717, 1.165) is 25.9 Å². The molecule has 0 unspecified atom stereocenters. The largest absolute Gasteiger partial charge is 0.474 e. The molecule has 0 heterocycles. The Morgan fingerprint density at radius 1 is 0.875 bits per heavy atom. The molecule has 0 amide bonds. The molecular weight excluding hydrogens is 333 g/mol. The molecule has 144 valence electrons. The summed E-state index contributed by atoms with van der Waals surface area (Å²) in [7, 11) is -3.43. The molecule has 0 bridgehead atoms. The highest BCUT2D eigenvalue weighted by molar-refractivity contribution is 7.48. The van der Waals surface area contributed by atoms with Crippen molar-refractivity contribution in [1.29, 1.82) is 0 Å². The zero-order valence-electron chi connectivity index (χ0n) is 15.6. The van der Waals surface area contributed by atoms with E-state index < -0.39 is 7.82 Å². The van der Waals surface area contributed by atoms with E-state index in [1.54, 1.807) is 20.8 Å². The summed E-state index contributed by atoms with van der Waals surface area (Å²) in [6.45, 7) is 11.0. The molecule has 0 aromatic heterocycles. The van der Waals surface area contributed by atoms with Crippen molar-refractivity contribution in [2.45, 2.75) is 53.4 Å². The van der Waals surface area contributed by atoms with Crippen LogP contribution in [0.2, 0.25) is 0 Å². The normalized spacial score (nSPS) is 11.9. The van der Waals surface area contributed by atoms with Gasteiger partial charge in [-0.05, 0) is 40.2 Å². The Hall–Kier alpha value is -0.460. The van der Waals surface area contributed by atoms with Gasteiger partial charge in [-0.3, -0.25) is 18.4 Å². The first-order chi connectivity index (χ1) is 11.5. The minimum atomic E-state index is -3.43. The number of ether oxygens (including phenoxy) is 1. The molecule has 7 nitrogen and oxygen atoms in total. The van der Waals surface area contributed by atoms with Crippen LogP contribution in [0.1, 0.15) is 53.4 Å². The fraction of sp³-hybridized carbons (Fsp3) is 0.938. The zero-order chi connectivity index (χ0) is 18.3. The van der Waals surface area contributed by atoms with Gasteiger partial charge in [-0.2, -0.15) is 0 Å². The van der Waals surface area contributed by atoms with E-state index in [-0.39, 0.29) is 19.2 Å². The summed E-state index contributed by atoms with van der Waals surface area (Å²) in [5.41, 5.74) is 0. The molecule has 0 aliphatic rings. The van der Waals surface area contributed by atoms with Crippen LogP contribution in [0.5, 0.6) is 0 Å². The van der Waals surface area contributed by atoms with Crippen LogP contribution < -0.4 is 0 Å². The van der Waals surface area contributed by atoms with Crippen molar-refractivity contribution in [3.05, 3.63) is 0 Å². The van der Waals surface area contributed by atoms with Crippen molar-refractivity contribution in [3.8, 4) is 0 Å². The number of phosphoric ester groups is 1. The molecule has 0 N–H and O–H groups in total. The van der Waals surface area contributed by atoms with Crippen LogP contribution in [0.4, 0.5) is 0 Å². The second kappa shape index (κ2) is 14.8. The van der Waals surface area contributed by atoms with E-state index >= 15 is 0 Å². The van der Waals surface area contributed by atoms with Crippen LogP contribution in [0.15, 0.2) is 0 Å². The van der Waals surface area contributed by atoms with Crippen molar-refractivity contribution >= 4 is 13.8 Å². The third-order valence-electron chi connectivity index (χ3n) is 3.21. The van der Waals surface area contributed by atoms with E-state index in [1.807, 2.05) is 0 Å². The van der Waals surface area contributed by atoms with Gasteiger partial charge in [-0.15, -0.1) is 0 Å². The molecule has 0 spiro atoms. The number of nitrogens with zero attached hydrogens (tertiary/aromatic N) is 1. The van der Waals surface area contributed by atoms with Crippen LogP contribution in [-0.4, -0.2) is 56.9 Å². The number of rotatable bonds is 16. The molecule has 0 aromatic rings. The number of carbonyl (C=O) groups excluding carboxylic acids is 1. The molecule has 0 radical (unpaired) electrons. The Morgan fingerprint density at radius 3 is 2.04 bits per heavy atom. The fourth-order valence-electron chi connectivity index (χ4n) is 2.09. The average molecular weight is 367 g/mol. The highest BCUT2D eigenvalue weighted by Crippen LogP contribution is 2.49. The molecule has 0 saturated heterocycles. The SMILES string of the molecule is CCCCN(CCCOP(=O)(OCC)OCC)CCC(=O)OCC. The van der Waals surface area contributed by atoms with Gasteiger partial charge in [0, 0.05) is 13.1 Å². The number of hydrogen-bond donors (Lipinski definition) is 0. The van der Waals surface area contributed by atoms with Gasteiger partial charge < -0.3 is 9.64 Å². The predicted molar refractivity (Wildman–Crippen MR) is 94.0 cm³/mol. The summed E-state index contributed by atoms with van der Waals surface area (Å²) in [6.07, 6.45) is 3.24. The number of carbonyl (C=O) groups is 1. The van der Waals surface area contributed by atoms with Crippen molar-refractivity contribution in [1.82, 2.24) is 4.90 Å². The predicted octanol–water partition coefficient (Wildman–Crippen LogP) is 3.63. The smallest absolute Gasteiger partial charge is 0.466 e. The molecule has 0 aliphatic heterocycles. The van der Waals surface area contributed by atoms with Gasteiger partial charge in [0.25, 0.3) is 0 Å². The summed E-state index contributed by atoms with van der Waals surface area (Å²) < 4.78 is 32.6. The fourth-order valence-corrected chi connectivity index (χ4v) is 3.30. The van der Waals surface area contributed by atoms with Gasteiger partial charge in [-0.25, -0.2) is 4.57 Å². The van der Waals surface area contributed by atoms with Crippen LogP contribution >= 0.6 is 7.82 Å². The summed E-state index contributed by atoms with van der Waals surface area (Å²) in [5, 5.41) is 0. The number of hydrogen-bond acceptors (Lipinski definition) is 7. The molecule has 24 heavy (non-hydrogen) atoms. The molecular formula is C16H34NO6P. The Kier molecular flexibility index (Phi) is 14.6. The first kappa shape index (κ1) is 23.5. The highest BCUT2D eigenvalue weighted by Gasteiger charge is 2.24. The third kappa shape index (κ3) is 12.0. The van der Waals surface area contributed by atoms with Crippen LogP contribution in [0.3, 0.4) is 0 Å². The lowest BCUT2D eigenvalue weighted by molar-refractivity contribution is -0.143. The Labute approximate surface area is 146 Å². The lowest BCUT2D eigenvalue weighted by Gasteiger charge is -2.22. The van der Waals surface area contributed by atoms with Crippen molar-refractivity contribution in [2.75, 3.05) is 46.1 Å². The van der Waals surface area contributed by atoms with Gasteiger partial charge in [0.15, 0.2) is 0 Å². The van der Waals surface area contributed by atoms with E-state index in [4.69, 9.17) is 18.3 Å².